The zero-order valence-corrected chi connectivity index (χ0v) is 17.6. The van der Waals surface area contributed by atoms with Gasteiger partial charge in [0.05, 0.1) is 0 Å². The molecule has 1 heterocycles. The Kier molecular flexibility index (Phi) is 5.36. The monoisotopic (exact) mass is 406 g/mol. The molecule has 2 fully saturated rings. The minimum atomic E-state index is -0.175. The van der Waals surface area contributed by atoms with Crippen LogP contribution in [0.4, 0.5) is 4.39 Å². The van der Waals surface area contributed by atoms with Crippen molar-refractivity contribution in [2.75, 3.05) is 13.1 Å². The topological polar surface area (TPSA) is 32.3 Å². The van der Waals surface area contributed by atoms with Gasteiger partial charge in [0.25, 0.3) is 0 Å². The summed E-state index contributed by atoms with van der Waals surface area (Å²) in [6.45, 7) is 2.98. The van der Waals surface area contributed by atoms with Gasteiger partial charge in [0.15, 0.2) is 0 Å². The Morgan fingerprint density at radius 3 is 2.50 bits per heavy atom. The summed E-state index contributed by atoms with van der Waals surface area (Å²) < 4.78 is 13.2. The third-order valence-electron chi connectivity index (χ3n) is 7.64. The van der Waals surface area contributed by atoms with E-state index in [1.807, 2.05) is 12.1 Å². The molecular weight excluding hydrogens is 375 g/mol. The Morgan fingerprint density at radius 2 is 1.80 bits per heavy atom. The molecule has 0 bridgehead atoms. The zero-order chi connectivity index (χ0) is 20.6. The number of piperidine rings is 1. The first-order valence-electron chi connectivity index (χ1n) is 11.5. The van der Waals surface area contributed by atoms with Crippen LogP contribution in [0, 0.1) is 5.82 Å². The number of hydrogen-bond donors (Lipinski definition) is 1. The smallest absolute Gasteiger partial charge is 0.220 e. The van der Waals surface area contributed by atoms with Crippen LogP contribution >= 0.6 is 0 Å². The number of nitrogens with zero attached hydrogens (tertiary/aromatic N) is 1. The molecule has 1 atom stereocenters. The molecule has 0 aromatic heterocycles. The van der Waals surface area contributed by atoms with Gasteiger partial charge in [0.1, 0.15) is 5.82 Å². The van der Waals surface area contributed by atoms with Gasteiger partial charge in [-0.25, -0.2) is 4.39 Å². The predicted octanol–water partition coefficient (Wildman–Crippen LogP) is 4.91. The molecule has 1 saturated heterocycles. The normalized spacial score (nSPS) is 23.2. The molecule has 1 N–H and O–H groups in total. The summed E-state index contributed by atoms with van der Waals surface area (Å²) in [6.07, 6.45) is 7.50. The number of halogens is 1. The van der Waals surface area contributed by atoms with Gasteiger partial charge in [-0.3, -0.25) is 9.69 Å². The quantitative estimate of drug-likeness (QED) is 0.766. The maximum Gasteiger partial charge on any atom is 0.220 e. The van der Waals surface area contributed by atoms with E-state index in [1.54, 1.807) is 12.1 Å². The summed E-state index contributed by atoms with van der Waals surface area (Å²) in [5.74, 6) is 0.390. The summed E-state index contributed by atoms with van der Waals surface area (Å²) in [6, 6.07) is 16.1. The third-order valence-corrected chi connectivity index (χ3v) is 7.64. The van der Waals surface area contributed by atoms with Crippen molar-refractivity contribution < 1.29 is 9.18 Å². The molecular formula is C26H31FN2O. The van der Waals surface area contributed by atoms with Crippen LogP contribution in [0.15, 0.2) is 48.5 Å². The van der Waals surface area contributed by atoms with Gasteiger partial charge in [0, 0.05) is 19.0 Å². The van der Waals surface area contributed by atoms with Crippen molar-refractivity contribution in [1.29, 1.82) is 0 Å². The summed E-state index contributed by atoms with van der Waals surface area (Å²) in [5, 5.41) is 3.23. The number of likely N-dealkylation sites (tertiary alicyclic amines) is 1. The van der Waals surface area contributed by atoms with E-state index >= 15 is 0 Å². The van der Waals surface area contributed by atoms with E-state index in [-0.39, 0.29) is 17.1 Å². The Morgan fingerprint density at radius 1 is 1.07 bits per heavy atom. The van der Waals surface area contributed by atoms with Gasteiger partial charge in [-0.1, -0.05) is 36.4 Å². The first-order chi connectivity index (χ1) is 14.6. The fraction of sp³-hybridized carbons (Fsp3) is 0.500. The Balaban J connectivity index is 1.25. The van der Waals surface area contributed by atoms with Gasteiger partial charge in [-0.15, -0.1) is 0 Å². The lowest BCUT2D eigenvalue weighted by molar-refractivity contribution is -0.122. The zero-order valence-electron chi connectivity index (χ0n) is 17.6. The molecule has 2 aromatic rings. The number of amides is 1. The Labute approximate surface area is 178 Å². The molecule has 4 heteroatoms. The fourth-order valence-electron chi connectivity index (χ4n) is 5.73. The standard InChI is InChI=1S/C26H31FN2O/c27-21-10-8-19(9-11-21)18-29-14-12-26(13-15-29)17-20(23-6-1-2-7-24(23)26)16-25(30)28-22-4-3-5-22/h1-2,6-11,20,22H,3-5,12-18H2,(H,28,30)/t20-/m0/s1. The maximum atomic E-state index is 13.2. The van der Waals surface area contributed by atoms with Gasteiger partial charge in [0.2, 0.25) is 5.91 Å². The third kappa shape index (κ3) is 3.90. The minimum Gasteiger partial charge on any atom is -0.353 e. The lowest BCUT2D eigenvalue weighted by Gasteiger charge is -2.40. The number of rotatable bonds is 5. The molecule has 2 aromatic carbocycles. The van der Waals surface area contributed by atoms with Crippen molar-refractivity contribution in [2.24, 2.45) is 0 Å². The molecule has 3 nitrogen and oxygen atoms in total. The molecule has 1 spiro atoms. The first kappa shape index (κ1) is 19.7. The molecule has 0 unspecified atom stereocenters. The molecule has 5 rings (SSSR count). The molecule has 158 valence electrons. The van der Waals surface area contributed by atoms with Gasteiger partial charge < -0.3 is 5.32 Å². The summed E-state index contributed by atoms with van der Waals surface area (Å²) in [7, 11) is 0. The molecule has 3 aliphatic rings. The highest BCUT2D eigenvalue weighted by molar-refractivity contribution is 5.77. The van der Waals surface area contributed by atoms with E-state index in [1.165, 1.54) is 23.1 Å². The van der Waals surface area contributed by atoms with Crippen LogP contribution in [0.25, 0.3) is 0 Å². The van der Waals surface area contributed by atoms with Gasteiger partial charge in [-0.05, 0) is 91.8 Å². The van der Waals surface area contributed by atoms with E-state index in [0.717, 1.165) is 51.7 Å². The average Bonchev–Trinajstić information content (AvgIpc) is 3.02. The summed E-state index contributed by atoms with van der Waals surface area (Å²) in [5.41, 5.74) is 4.25. The summed E-state index contributed by atoms with van der Waals surface area (Å²) >= 11 is 0. The van der Waals surface area contributed by atoms with Crippen molar-refractivity contribution in [2.45, 2.75) is 68.9 Å². The van der Waals surface area contributed by atoms with Crippen LogP contribution < -0.4 is 5.32 Å². The molecule has 30 heavy (non-hydrogen) atoms. The highest BCUT2D eigenvalue weighted by Gasteiger charge is 2.45. The molecule has 0 radical (unpaired) electrons. The highest BCUT2D eigenvalue weighted by atomic mass is 19.1. The van der Waals surface area contributed by atoms with Crippen LogP contribution in [0.1, 0.15) is 67.6 Å². The van der Waals surface area contributed by atoms with Crippen LogP contribution in [0.3, 0.4) is 0 Å². The van der Waals surface area contributed by atoms with E-state index in [2.05, 4.69) is 34.5 Å². The molecule has 1 amide bonds. The second kappa shape index (κ2) is 8.14. The maximum absolute atomic E-state index is 13.2. The number of carbonyl (C=O) groups excluding carboxylic acids is 1. The largest absolute Gasteiger partial charge is 0.353 e. The van der Waals surface area contributed by atoms with Crippen molar-refractivity contribution >= 4 is 5.91 Å². The highest BCUT2D eigenvalue weighted by Crippen LogP contribution is 2.52. The Hall–Kier alpha value is -2.20. The number of hydrogen-bond acceptors (Lipinski definition) is 2. The first-order valence-corrected chi connectivity index (χ1v) is 11.5. The summed E-state index contributed by atoms with van der Waals surface area (Å²) in [4.78, 5) is 15.1. The Bertz CT molecular complexity index is 898. The average molecular weight is 407 g/mol. The van der Waals surface area contributed by atoms with Crippen LogP contribution in [0.2, 0.25) is 0 Å². The van der Waals surface area contributed by atoms with Crippen molar-refractivity contribution in [3.8, 4) is 0 Å². The number of fused-ring (bicyclic) bond motifs is 2. The van der Waals surface area contributed by atoms with Crippen molar-refractivity contribution in [1.82, 2.24) is 10.2 Å². The van der Waals surface area contributed by atoms with E-state index < -0.39 is 0 Å². The second-order valence-electron chi connectivity index (χ2n) is 9.57. The fourth-order valence-corrected chi connectivity index (χ4v) is 5.73. The minimum absolute atomic E-state index is 0.175. The SMILES string of the molecule is O=C(C[C@H]1CC2(CCN(Cc3ccc(F)cc3)CC2)c2ccccc21)NC1CCC1. The van der Waals surface area contributed by atoms with Crippen LogP contribution in [-0.2, 0) is 16.8 Å². The lowest BCUT2D eigenvalue weighted by Crippen LogP contribution is -2.41. The molecule has 1 saturated carbocycles. The van der Waals surface area contributed by atoms with Crippen molar-refractivity contribution in [3.05, 3.63) is 71.0 Å². The number of carbonyl (C=O) groups is 1. The molecule has 1 aliphatic heterocycles. The van der Waals surface area contributed by atoms with Gasteiger partial charge in [-0.2, -0.15) is 0 Å². The van der Waals surface area contributed by atoms with Crippen LogP contribution in [0.5, 0.6) is 0 Å². The molecule has 2 aliphatic carbocycles. The van der Waals surface area contributed by atoms with E-state index in [0.29, 0.717) is 18.4 Å². The van der Waals surface area contributed by atoms with E-state index in [9.17, 15) is 9.18 Å². The van der Waals surface area contributed by atoms with Crippen molar-refractivity contribution in [3.63, 3.8) is 0 Å². The lowest BCUT2D eigenvalue weighted by atomic mass is 9.73. The van der Waals surface area contributed by atoms with Gasteiger partial charge >= 0.3 is 0 Å². The van der Waals surface area contributed by atoms with E-state index in [4.69, 9.17) is 0 Å². The number of benzene rings is 2. The second-order valence-corrected chi connectivity index (χ2v) is 9.57. The predicted molar refractivity (Wildman–Crippen MR) is 117 cm³/mol. The number of nitrogens with one attached hydrogen (secondary N) is 1. The van der Waals surface area contributed by atoms with Crippen LogP contribution in [-0.4, -0.2) is 29.9 Å².